The van der Waals surface area contributed by atoms with E-state index in [1.807, 2.05) is 0 Å². The second-order valence-electron chi connectivity index (χ2n) is 6.81. The molecule has 3 rings (SSSR count). The van der Waals surface area contributed by atoms with Gasteiger partial charge in [-0.1, -0.05) is 12.1 Å². The Labute approximate surface area is 148 Å². The Balaban J connectivity index is 1.65. The van der Waals surface area contributed by atoms with Gasteiger partial charge in [0.25, 0.3) is 0 Å². The third-order valence-corrected chi connectivity index (χ3v) is 6.22. The molecule has 0 bridgehead atoms. The first-order valence-electron chi connectivity index (χ1n) is 8.62. The first-order chi connectivity index (χ1) is 11.8. The van der Waals surface area contributed by atoms with Crippen molar-refractivity contribution in [1.82, 2.24) is 14.5 Å². The van der Waals surface area contributed by atoms with Crippen molar-refractivity contribution in [2.24, 2.45) is 0 Å². The molecule has 0 spiro atoms. The Kier molecular flexibility index (Phi) is 5.29. The molecule has 0 aromatic heterocycles. The van der Waals surface area contributed by atoms with Crippen molar-refractivity contribution in [3.05, 3.63) is 35.6 Å². The molecule has 2 heterocycles. The highest BCUT2D eigenvalue weighted by Gasteiger charge is 2.33. The minimum Gasteiger partial charge on any atom is -0.334 e. The minimum atomic E-state index is -3.24. The number of hydrogen-bond donors (Lipinski definition) is 1. The molecule has 2 amide bonds. The number of nitrogens with one attached hydrogen (secondary N) is 1. The number of carbonyl (C=O) groups is 1. The van der Waals surface area contributed by atoms with Crippen LogP contribution in [0.2, 0.25) is 0 Å². The highest BCUT2D eigenvalue weighted by Crippen LogP contribution is 2.32. The third-order valence-electron chi connectivity index (χ3n) is 4.95. The number of benzene rings is 1. The third kappa shape index (κ3) is 4.30. The fourth-order valence-corrected chi connectivity index (χ4v) is 4.57. The van der Waals surface area contributed by atoms with E-state index in [0.717, 1.165) is 31.2 Å². The van der Waals surface area contributed by atoms with Crippen LogP contribution < -0.4 is 5.32 Å². The molecule has 0 aliphatic carbocycles. The largest absolute Gasteiger partial charge is 0.334 e. The molecule has 138 valence electrons. The van der Waals surface area contributed by atoms with E-state index in [2.05, 4.69) is 5.32 Å². The van der Waals surface area contributed by atoms with Gasteiger partial charge in [0.1, 0.15) is 5.82 Å². The van der Waals surface area contributed by atoms with Gasteiger partial charge in [-0.25, -0.2) is 21.9 Å². The Morgan fingerprint density at radius 1 is 1.16 bits per heavy atom. The lowest BCUT2D eigenvalue weighted by atomic mass is 10.0. The average molecular weight is 369 g/mol. The number of likely N-dealkylation sites (tertiary alicyclic amines) is 1. The number of rotatable bonds is 3. The Bertz CT molecular complexity index is 723. The van der Waals surface area contributed by atoms with Crippen molar-refractivity contribution in [3.63, 3.8) is 0 Å². The van der Waals surface area contributed by atoms with Crippen molar-refractivity contribution in [2.75, 3.05) is 25.9 Å². The van der Waals surface area contributed by atoms with Crippen LogP contribution in [-0.2, 0) is 10.0 Å². The molecule has 2 aliphatic rings. The summed E-state index contributed by atoms with van der Waals surface area (Å²) in [7, 11) is -3.24. The van der Waals surface area contributed by atoms with E-state index in [9.17, 15) is 17.6 Å². The maximum Gasteiger partial charge on any atom is 0.318 e. The zero-order chi connectivity index (χ0) is 18.0. The number of amides is 2. The van der Waals surface area contributed by atoms with Crippen LogP contribution >= 0.6 is 0 Å². The average Bonchev–Trinajstić information content (AvgIpc) is 3.05. The van der Waals surface area contributed by atoms with Crippen LogP contribution in [0.25, 0.3) is 0 Å². The number of nitrogens with zero attached hydrogens (tertiary/aromatic N) is 2. The van der Waals surface area contributed by atoms with Crippen LogP contribution in [0.4, 0.5) is 9.18 Å². The van der Waals surface area contributed by atoms with Gasteiger partial charge in [0.15, 0.2) is 0 Å². The second-order valence-corrected chi connectivity index (χ2v) is 8.80. The number of piperidine rings is 1. The van der Waals surface area contributed by atoms with Gasteiger partial charge in [-0.2, -0.15) is 0 Å². The van der Waals surface area contributed by atoms with E-state index < -0.39 is 10.0 Å². The normalized spacial score (nSPS) is 25.1. The number of sulfonamides is 1. The number of urea groups is 1. The van der Waals surface area contributed by atoms with Gasteiger partial charge in [-0.15, -0.1) is 0 Å². The maximum absolute atomic E-state index is 13.1. The fraction of sp³-hybridized carbons (Fsp3) is 0.588. The van der Waals surface area contributed by atoms with Gasteiger partial charge in [0.05, 0.1) is 12.3 Å². The standard InChI is InChI=1S/C17H24FN3O3S/c1-25(23,24)20-10-2-4-15(12-20)19-17(22)21-11-3-5-16(21)13-6-8-14(18)9-7-13/h6-9,15-16H,2-5,10-12H2,1H3,(H,19,22). The van der Waals surface area contributed by atoms with Crippen LogP contribution in [0.5, 0.6) is 0 Å². The second kappa shape index (κ2) is 7.29. The Morgan fingerprint density at radius 3 is 2.52 bits per heavy atom. The van der Waals surface area contributed by atoms with Gasteiger partial charge in [-0.05, 0) is 43.4 Å². The molecule has 8 heteroatoms. The summed E-state index contributed by atoms with van der Waals surface area (Å²) >= 11 is 0. The quantitative estimate of drug-likeness (QED) is 0.887. The van der Waals surface area contributed by atoms with Gasteiger partial charge in [-0.3, -0.25) is 0 Å². The van der Waals surface area contributed by atoms with Crippen molar-refractivity contribution in [3.8, 4) is 0 Å². The molecule has 2 saturated heterocycles. The predicted molar refractivity (Wildman–Crippen MR) is 93.1 cm³/mol. The molecule has 2 atom stereocenters. The van der Waals surface area contributed by atoms with Crippen LogP contribution in [0.3, 0.4) is 0 Å². The van der Waals surface area contributed by atoms with Crippen LogP contribution in [0.1, 0.15) is 37.3 Å². The summed E-state index contributed by atoms with van der Waals surface area (Å²) < 4.78 is 38.0. The molecular weight excluding hydrogens is 345 g/mol. The predicted octanol–water partition coefficient (Wildman–Crippen LogP) is 2.10. The van der Waals surface area contributed by atoms with Crippen molar-refractivity contribution < 1.29 is 17.6 Å². The fourth-order valence-electron chi connectivity index (χ4n) is 3.66. The molecule has 6 nitrogen and oxygen atoms in total. The van der Waals surface area contributed by atoms with Gasteiger partial charge >= 0.3 is 6.03 Å². The van der Waals surface area contributed by atoms with Gasteiger partial charge in [0, 0.05) is 25.7 Å². The van der Waals surface area contributed by atoms with Crippen molar-refractivity contribution in [1.29, 1.82) is 0 Å². The Hall–Kier alpha value is -1.67. The lowest BCUT2D eigenvalue weighted by Gasteiger charge is -2.33. The maximum atomic E-state index is 13.1. The SMILES string of the molecule is CS(=O)(=O)N1CCCC(NC(=O)N2CCCC2c2ccc(F)cc2)C1. The molecule has 2 fully saturated rings. The zero-order valence-electron chi connectivity index (χ0n) is 14.3. The lowest BCUT2D eigenvalue weighted by Crippen LogP contribution is -2.52. The van der Waals surface area contributed by atoms with E-state index in [0.29, 0.717) is 19.6 Å². The summed E-state index contributed by atoms with van der Waals surface area (Å²) in [6, 6.07) is 5.85. The monoisotopic (exact) mass is 369 g/mol. The summed E-state index contributed by atoms with van der Waals surface area (Å²) in [4.78, 5) is 14.5. The summed E-state index contributed by atoms with van der Waals surface area (Å²) in [6.45, 7) is 1.48. The van der Waals surface area contributed by atoms with Crippen LogP contribution in [0.15, 0.2) is 24.3 Å². The summed E-state index contributed by atoms with van der Waals surface area (Å²) in [6.07, 6.45) is 4.45. The Morgan fingerprint density at radius 2 is 1.84 bits per heavy atom. The lowest BCUT2D eigenvalue weighted by molar-refractivity contribution is 0.181. The number of carbonyl (C=O) groups excluding carboxylic acids is 1. The molecular formula is C17H24FN3O3S. The number of hydrogen-bond acceptors (Lipinski definition) is 3. The van der Waals surface area contributed by atoms with Crippen LogP contribution in [-0.4, -0.2) is 55.6 Å². The van der Waals surface area contributed by atoms with Gasteiger partial charge in [0.2, 0.25) is 10.0 Å². The van der Waals surface area contributed by atoms with E-state index in [-0.39, 0.29) is 23.9 Å². The molecule has 0 saturated carbocycles. The first-order valence-corrected chi connectivity index (χ1v) is 10.5. The number of halogens is 1. The molecule has 2 unspecified atom stereocenters. The molecule has 1 N–H and O–H groups in total. The topological polar surface area (TPSA) is 69.7 Å². The van der Waals surface area contributed by atoms with Crippen molar-refractivity contribution >= 4 is 16.1 Å². The first kappa shape index (κ1) is 18.1. The van der Waals surface area contributed by atoms with E-state index in [4.69, 9.17) is 0 Å². The molecule has 1 aromatic rings. The summed E-state index contributed by atoms with van der Waals surface area (Å²) in [5, 5.41) is 2.98. The zero-order valence-corrected chi connectivity index (χ0v) is 15.1. The molecule has 25 heavy (non-hydrogen) atoms. The van der Waals surface area contributed by atoms with E-state index in [1.54, 1.807) is 17.0 Å². The van der Waals surface area contributed by atoms with Crippen molar-refractivity contribution in [2.45, 2.75) is 37.8 Å². The molecule has 2 aliphatic heterocycles. The van der Waals surface area contributed by atoms with E-state index >= 15 is 0 Å². The minimum absolute atomic E-state index is 0.0600. The van der Waals surface area contributed by atoms with Crippen LogP contribution in [0, 0.1) is 5.82 Å². The highest BCUT2D eigenvalue weighted by atomic mass is 32.2. The summed E-state index contributed by atoms with van der Waals surface area (Å²) in [5.74, 6) is -0.291. The molecule has 1 aromatic carbocycles. The highest BCUT2D eigenvalue weighted by molar-refractivity contribution is 7.88. The van der Waals surface area contributed by atoms with E-state index in [1.165, 1.54) is 22.7 Å². The smallest absolute Gasteiger partial charge is 0.318 e. The molecule has 0 radical (unpaired) electrons. The summed E-state index contributed by atoms with van der Waals surface area (Å²) in [5.41, 5.74) is 0.926. The van der Waals surface area contributed by atoms with Gasteiger partial charge < -0.3 is 10.2 Å².